The molecule has 4 rings (SSSR count). The summed E-state index contributed by atoms with van der Waals surface area (Å²) in [4.78, 5) is 19.6. The number of amides is 1. The molecule has 1 aromatic heterocycles. The lowest BCUT2D eigenvalue weighted by molar-refractivity contribution is -0.121. The number of hydrogen-bond donors (Lipinski definition) is 1. The van der Waals surface area contributed by atoms with Gasteiger partial charge in [0, 0.05) is 31.1 Å². The van der Waals surface area contributed by atoms with E-state index in [0.29, 0.717) is 13.0 Å². The summed E-state index contributed by atoms with van der Waals surface area (Å²) in [5.74, 6) is 0.867. The van der Waals surface area contributed by atoms with E-state index < -0.39 is 0 Å². The second kappa shape index (κ2) is 9.87. The van der Waals surface area contributed by atoms with Crippen LogP contribution in [0.1, 0.15) is 24.6 Å². The number of aromatic nitrogens is 1. The van der Waals surface area contributed by atoms with E-state index in [1.165, 1.54) is 5.56 Å². The average Bonchev–Trinajstić information content (AvgIpc) is 3.39. The summed E-state index contributed by atoms with van der Waals surface area (Å²) in [5, 5.41) is 6.04. The first-order chi connectivity index (χ1) is 14.7. The Hall–Kier alpha value is -2.70. The largest absolute Gasteiger partial charge is 0.493 e. The predicted molar refractivity (Wildman–Crippen MR) is 121 cm³/mol. The van der Waals surface area contributed by atoms with Crippen LogP contribution in [0.3, 0.4) is 0 Å². The van der Waals surface area contributed by atoms with Crippen molar-refractivity contribution in [2.45, 2.75) is 32.4 Å². The molecule has 1 fully saturated rings. The van der Waals surface area contributed by atoms with E-state index in [4.69, 9.17) is 4.74 Å². The van der Waals surface area contributed by atoms with Gasteiger partial charge in [-0.1, -0.05) is 42.5 Å². The molecule has 1 atom stereocenters. The van der Waals surface area contributed by atoms with Gasteiger partial charge < -0.3 is 10.1 Å². The lowest BCUT2D eigenvalue weighted by Crippen LogP contribution is -2.37. The van der Waals surface area contributed by atoms with Crippen molar-refractivity contribution in [3.63, 3.8) is 0 Å². The molecule has 0 bridgehead atoms. The summed E-state index contributed by atoms with van der Waals surface area (Å²) < 4.78 is 5.71. The molecule has 1 aliphatic heterocycles. The highest BCUT2D eigenvalue weighted by atomic mass is 32.1. The highest BCUT2D eigenvalue weighted by Gasteiger charge is 2.24. The molecule has 30 heavy (non-hydrogen) atoms. The number of carbonyl (C=O) groups excluding carboxylic acids is 1. The first kappa shape index (κ1) is 20.6. The van der Waals surface area contributed by atoms with Crippen molar-refractivity contribution in [2.75, 3.05) is 19.7 Å². The van der Waals surface area contributed by atoms with E-state index in [2.05, 4.69) is 39.5 Å². The van der Waals surface area contributed by atoms with Gasteiger partial charge in [-0.2, -0.15) is 0 Å². The van der Waals surface area contributed by atoms with Crippen LogP contribution in [-0.2, 0) is 17.8 Å². The van der Waals surface area contributed by atoms with E-state index in [9.17, 15) is 4.79 Å². The summed E-state index contributed by atoms with van der Waals surface area (Å²) in [6, 6.07) is 18.6. The molecule has 6 heteroatoms. The second-order valence-corrected chi connectivity index (χ2v) is 8.38. The molecule has 1 aliphatic rings. The molecule has 1 amide bonds. The Bertz CT molecular complexity index is 973. The molecular weight excluding hydrogens is 394 g/mol. The molecule has 1 saturated heterocycles. The number of hydrogen-bond acceptors (Lipinski definition) is 5. The van der Waals surface area contributed by atoms with Gasteiger partial charge in [-0.05, 0) is 31.0 Å². The van der Waals surface area contributed by atoms with Gasteiger partial charge in [-0.3, -0.25) is 9.69 Å². The third-order valence-corrected chi connectivity index (χ3v) is 6.12. The molecule has 5 nitrogen and oxygen atoms in total. The van der Waals surface area contributed by atoms with Gasteiger partial charge in [-0.25, -0.2) is 4.98 Å². The normalized spacial score (nSPS) is 16.5. The number of nitrogens with one attached hydrogen (secondary N) is 1. The fourth-order valence-corrected chi connectivity index (χ4v) is 4.66. The Morgan fingerprint density at radius 1 is 1.20 bits per heavy atom. The summed E-state index contributed by atoms with van der Waals surface area (Å²) in [5.41, 5.74) is 3.09. The quantitative estimate of drug-likeness (QED) is 0.594. The maximum Gasteiger partial charge on any atom is 0.226 e. The first-order valence-electron chi connectivity index (χ1n) is 10.4. The highest BCUT2D eigenvalue weighted by molar-refractivity contribution is 7.13. The van der Waals surface area contributed by atoms with Crippen molar-refractivity contribution in [1.29, 1.82) is 0 Å². The van der Waals surface area contributed by atoms with Crippen molar-refractivity contribution in [1.82, 2.24) is 15.2 Å². The molecule has 0 spiro atoms. The van der Waals surface area contributed by atoms with Gasteiger partial charge in [0.25, 0.3) is 0 Å². The van der Waals surface area contributed by atoms with E-state index >= 15 is 0 Å². The summed E-state index contributed by atoms with van der Waals surface area (Å²) >= 11 is 1.55. The number of carbonyl (C=O) groups is 1. The maximum absolute atomic E-state index is 12.6. The molecule has 0 aliphatic carbocycles. The van der Waals surface area contributed by atoms with Gasteiger partial charge in [0.2, 0.25) is 5.91 Å². The zero-order chi connectivity index (χ0) is 20.8. The minimum atomic E-state index is 0.0384. The van der Waals surface area contributed by atoms with Crippen LogP contribution in [0, 0.1) is 0 Å². The lowest BCUT2D eigenvalue weighted by Gasteiger charge is -2.16. The van der Waals surface area contributed by atoms with Crippen molar-refractivity contribution in [3.8, 4) is 16.3 Å². The third-order valence-electron chi connectivity index (χ3n) is 5.20. The Morgan fingerprint density at radius 3 is 2.83 bits per heavy atom. The summed E-state index contributed by atoms with van der Waals surface area (Å²) in [6.07, 6.45) is 1.30. The Morgan fingerprint density at radius 2 is 2.00 bits per heavy atom. The highest BCUT2D eigenvalue weighted by Crippen LogP contribution is 2.32. The fraction of sp³-hybridized carbons (Fsp3) is 0.333. The molecule has 2 heterocycles. The molecule has 0 saturated carbocycles. The van der Waals surface area contributed by atoms with Gasteiger partial charge in [0.05, 0.1) is 24.3 Å². The molecule has 0 unspecified atom stereocenters. The molecule has 156 valence electrons. The van der Waals surface area contributed by atoms with E-state index in [1.54, 1.807) is 11.3 Å². The van der Waals surface area contributed by atoms with Crippen LogP contribution in [0.5, 0.6) is 5.75 Å². The molecule has 3 aromatic rings. The maximum atomic E-state index is 12.6. The van der Waals surface area contributed by atoms with Gasteiger partial charge >= 0.3 is 0 Å². The van der Waals surface area contributed by atoms with Gasteiger partial charge in [0.15, 0.2) is 0 Å². The van der Waals surface area contributed by atoms with Crippen LogP contribution in [-0.4, -0.2) is 41.5 Å². The van der Waals surface area contributed by atoms with E-state index in [0.717, 1.165) is 48.1 Å². The van der Waals surface area contributed by atoms with Crippen LogP contribution >= 0.6 is 11.3 Å². The first-order valence-corrected chi connectivity index (χ1v) is 11.3. The van der Waals surface area contributed by atoms with E-state index in [-0.39, 0.29) is 11.9 Å². The van der Waals surface area contributed by atoms with Crippen molar-refractivity contribution in [2.24, 2.45) is 0 Å². The van der Waals surface area contributed by atoms with E-state index in [1.807, 2.05) is 42.6 Å². The SMILES string of the molecule is CCOc1ccccc1-c1nc(CC(=O)N[C@@H]2CCN(Cc3ccccc3)C2)cs1. The molecular formula is C24H27N3O2S. The van der Waals surface area contributed by atoms with Crippen molar-refractivity contribution in [3.05, 3.63) is 71.2 Å². The fourth-order valence-electron chi connectivity index (χ4n) is 3.82. The zero-order valence-corrected chi connectivity index (χ0v) is 18.0. The second-order valence-electron chi connectivity index (χ2n) is 7.52. The van der Waals surface area contributed by atoms with Crippen molar-refractivity contribution >= 4 is 17.2 Å². The zero-order valence-electron chi connectivity index (χ0n) is 17.2. The summed E-state index contributed by atoms with van der Waals surface area (Å²) in [6.45, 7) is 5.42. The standard InChI is InChI=1S/C24H27N3O2S/c1-2-29-22-11-7-6-10-21(22)24-26-20(17-30-24)14-23(28)25-19-12-13-27(16-19)15-18-8-4-3-5-9-18/h3-11,17,19H,2,12-16H2,1H3,(H,25,28)/t19-/m1/s1. The Labute approximate surface area is 181 Å². The molecule has 1 N–H and O–H groups in total. The number of nitrogens with zero attached hydrogens (tertiary/aromatic N) is 2. The number of thiazole rings is 1. The molecule has 0 radical (unpaired) electrons. The number of ether oxygens (including phenoxy) is 1. The van der Waals surface area contributed by atoms with Crippen LogP contribution in [0.15, 0.2) is 60.0 Å². The monoisotopic (exact) mass is 421 g/mol. The third kappa shape index (κ3) is 5.26. The smallest absolute Gasteiger partial charge is 0.226 e. The van der Waals surface area contributed by atoms with Gasteiger partial charge in [0.1, 0.15) is 10.8 Å². The number of para-hydroxylation sites is 1. The Kier molecular flexibility index (Phi) is 6.77. The number of benzene rings is 2. The number of rotatable bonds is 8. The molecule has 2 aromatic carbocycles. The van der Waals surface area contributed by atoms with Gasteiger partial charge in [-0.15, -0.1) is 11.3 Å². The minimum Gasteiger partial charge on any atom is -0.493 e. The topological polar surface area (TPSA) is 54.5 Å². The van der Waals surface area contributed by atoms with Crippen molar-refractivity contribution < 1.29 is 9.53 Å². The minimum absolute atomic E-state index is 0.0384. The average molecular weight is 422 g/mol. The van der Waals surface area contributed by atoms with Crippen LogP contribution in [0.2, 0.25) is 0 Å². The Balaban J connectivity index is 1.30. The number of likely N-dealkylation sites (tertiary alicyclic amines) is 1. The predicted octanol–water partition coefficient (Wildman–Crippen LogP) is 4.14. The summed E-state index contributed by atoms with van der Waals surface area (Å²) in [7, 11) is 0. The van der Waals surface area contributed by atoms with Crippen LogP contribution < -0.4 is 10.1 Å². The van der Waals surface area contributed by atoms with Crippen LogP contribution in [0.25, 0.3) is 10.6 Å². The lowest BCUT2D eigenvalue weighted by atomic mass is 10.2. The van der Waals surface area contributed by atoms with Crippen LogP contribution in [0.4, 0.5) is 0 Å².